The van der Waals surface area contributed by atoms with Gasteiger partial charge in [-0.05, 0) is 11.6 Å². The number of aliphatic carboxylic acids is 1. The minimum Gasteiger partial charge on any atom is -0.478 e. The van der Waals surface area contributed by atoms with Crippen LogP contribution < -0.4 is 0 Å². The molecule has 0 aliphatic rings. The standard InChI is InChI=1S/C13H14O3/c1-2-12(14)9-11(13(15)16)8-10-6-4-3-5-7-10/h3-8H,2,9H2,1H3,(H,15,16)/b11-8-. The molecular formula is C13H14O3. The van der Waals surface area contributed by atoms with Crippen molar-refractivity contribution in [3.8, 4) is 0 Å². The average molecular weight is 218 g/mol. The molecule has 0 saturated heterocycles. The summed E-state index contributed by atoms with van der Waals surface area (Å²) in [6.07, 6.45) is 1.88. The molecule has 1 N–H and O–H groups in total. The molecule has 0 aliphatic carbocycles. The van der Waals surface area contributed by atoms with E-state index in [0.717, 1.165) is 5.56 Å². The molecule has 1 rings (SSSR count). The van der Waals surface area contributed by atoms with Crippen molar-refractivity contribution >= 4 is 17.8 Å². The van der Waals surface area contributed by atoms with Gasteiger partial charge in [0.25, 0.3) is 0 Å². The molecule has 0 radical (unpaired) electrons. The van der Waals surface area contributed by atoms with Gasteiger partial charge < -0.3 is 5.11 Å². The van der Waals surface area contributed by atoms with Crippen molar-refractivity contribution in [2.45, 2.75) is 19.8 Å². The first kappa shape index (κ1) is 12.2. The summed E-state index contributed by atoms with van der Waals surface area (Å²) in [4.78, 5) is 22.1. The fourth-order valence-corrected chi connectivity index (χ4v) is 1.28. The number of Topliss-reactive ketones (excluding diaryl/α,β-unsaturated/α-hetero) is 1. The number of rotatable bonds is 5. The van der Waals surface area contributed by atoms with Crippen molar-refractivity contribution < 1.29 is 14.7 Å². The fourth-order valence-electron chi connectivity index (χ4n) is 1.28. The van der Waals surface area contributed by atoms with Gasteiger partial charge in [0.05, 0.1) is 0 Å². The SMILES string of the molecule is CCC(=O)C/C(=C/c1ccccc1)C(=O)O. The first-order valence-corrected chi connectivity index (χ1v) is 5.14. The topological polar surface area (TPSA) is 54.4 Å². The Morgan fingerprint density at radius 1 is 1.25 bits per heavy atom. The lowest BCUT2D eigenvalue weighted by Gasteiger charge is -2.00. The van der Waals surface area contributed by atoms with Crippen molar-refractivity contribution in [1.82, 2.24) is 0 Å². The Hall–Kier alpha value is -1.90. The maximum Gasteiger partial charge on any atom is 0.332 e. The Bertz CT molecular complexity index is 404. The van der Waals surface area contributed by atoms with E-state index in [1.54, 1.807) is 19.1 Å². The molecule has 1 aromatic rings. The molecule has 84 valence electrons. The molecule has 0 atom stereocenters. The lowest BCUT2D eigenvalue weighted by molar-refractivity contribution is -0.133. The van der Waals surface area contributed by atoms with Crippen LogP contribution in [0.5, 0.6) is 0 Å². The molecule has 0 bridgehead atoms. The first-order chi connectivity index (χ1) is 7.63. The van der Waals surface area contributed by atoms with Crippen molar-refractivity contribution in [3.05, 3.63) is 41.5 Å². The average Bonchev–Trinajstić information content (AvgIpc) is 2.29. The summed E-state index contributed by atoms with van der Waals surface area (Å²) in [6, 6.07) is 9.12. The highest BCUT2D eigenvalue weighted by Crippen LogP contribution is 2.11. The normalized spacial score (nSPS) is 11.2. The lowest BCUT2D eigenvalue weighted by atomic mass is 10.0. The van der Waals surface area contributed by atoms with E-state index in [0.29, 0.717) is 6.42 Å². The van der Waals surface area contributed by atoms with Gasteiger partial charge in [0.1, 0.15) is 5.78 Å². The van der Waals surface area contributed by atoms with E-state index in [2.05, 4.69) is 0 Å². The second-order valence-electron chi connectivity index (χ2n) is 3.45. The maximum atomic E-state index is 11.2. The van der Waals surface area contributed by atoms with Crippen LogP contribution in [-0.4, -0.2) is 16.9 Å². The van der Waals surface area contributed by atoms with E-state index in [1.165, 1.54) is 6.08 Å². The molecule has 0 spiro atoms. The molecule has 0 aliphatic heterocycles. The van der Waals surface area contributed by atoms with E-state index >= 15 is 0 Å². The van der Waals surface area contributed by atoms with Crippen LogP contribution in [-0.2, 0) is 9.59 Å². The molecule has 3 nitrogen and oxygen atoms in total. The zero-order valence-corrected chi connectivity index (χ0v) is 9.14. The molecule has 0 fully saturated rings. The number of carbonyl (C=O) groups excluding carboxylic acids is 1. The molecular weight excluding hydrogens is 204 g/mol. The van der Waals surface area contributed by atoms with Gasteiger partial charge in [0, 0.05) is 18.4 Å². The Morgan fingerprint density at radius 3 is 2.38 bits per heavy atom. The maximum absolute atomic E-state index is 11.2. The molecule has 1 aromatic carbocycles. The van der Waals surface area contributed by atoms with Gasteiger partial charge in [-0.25, -0.2) is 4.79 Å². The second-order valence-corrected chi connectivity index (χ2v) is 3.45. The Labute approximate surface area is 94.4 Å². The summed E-state index contributed by atoms with van der Waals surface area (Å²) in [5.41, 5.74) is 0.932. The van der Waals surface area contributed by atoms with Gasteiger partial charge in [0.15, 0.2) is 0 Å². The highest BCUT2D eigenvalue weighted by Gasteiger charge is 2.11. The summed E-state index contributed by atoms with van der Waals surface area (Å²) in [5, 5.41) is 8.96. The van der Waals surface area contributed by atoms with Gasteiger partial charge in [-0.1, -0.05) is 37.3 Å². The molecule has 0 heterocycles. The smallest absolute Gasteiger partial charge is 0.332 e. The quantitative estimate of drug-likeness (QED) is 0.772. The van der Waals surface area contributed by atoms with E-state index in [4.69, 9.17) is 5.11 Å². The lowest BCUT2D eigenvalue weighted by Crippen LogP contribution is -2.06. The van der Waals surface area contributed by atoms with Crippen molar-refractivity contribution in [2.75, 3.05) is 0 Å². The van der Waals surface area contributed by atoms with Gasteiger partial charge in [-0.15, -0.1) is 0 Å². The number of benzene rings is 1. The fraction of sp³-hybridized carbons (Fsp3) is 0.231. The first-order valence-electron chi connectivity index (χ1n) is 5.14. The molecule has 0 aromatic heterocycles. The van der Waals surface area contributed by atoms with Crippen LogP contribution in [0.15, 0.2) is 35.9 Å². The molecule has 16 heavy (non-hydrogen) atoms. The largest absolute Gasteiger partial charge is 0.478 e. The number of hydrogen-bond donors (Lipinski definition) is 1. The molecule has 0 unspecified atom stereocenters. The summed E-state index contributed by atoms with van der Waals surface area (Å²) < 4.78 is 0. The number of carbonyl (C=O) groups is 2. The van der Waals surface area contributed by atoms with E-state index in [-0.39, 0.29) is 17.8 Å². The Kier molecular flexibility index (Phi) is 4.45. The monoisotopic (exact) mass is 218 g/mol. The number of ketones is 1. The third kappa shape index (κ3) is 3.69. The summed E-state index contributed by atoms with van der Waals surface area (Å²) >= 11 is 0. The summed E-state index contributed by atoms with van der Waals surface area (Å²) in [7, 11) is 0. The summed E-state index contributed by atoms with van der Waals surface area (Å²) in [5.74, 6) is -1.10. The van der Waals surface area contributed by atoms with Crippen LogP contribution in [0.3, 0.4) is 0 Å². The van der Waals surface area contributed by atoms with Crippen LogP contribution >= 0.6 is 0 Å². The van der Waals surface area contributed by atoms with Crippen molar-refractivity contribution in [2.24, 2.45) is 0 Å². The predicted octanol–water partition coefficient (Wildman–Crippen LogP) is 2.52. The van der Waals surface area contributed by atoms with Crippen molar-refractivity contribution in [3.63, 3.8) is 0 Å². The van der Waals surface area contributed by atoms with Crippen LogP contribution in [0.2, 0.25) is 0 Å². The number of carboxylic acid groups (broad SMARTS) is 1. The summed E-state index contributed by atoms with van der Waals surface area (Å²) in [6.45, 7) is 1.73. The van der Waals surface area contributed by atoms with Crippen LogP contribution in [0.25, 0.3) is 6.08 Å². The molecule has 0 saturated carbocycles. The van der Waals surface area contributed by atoms with Crippen molar-refractivity contribution in [1.29, 1.82) is 0 Å². The molecule has 0 amide bonds. The van der Waals surface area contributed by atoms with Gasteiger partial charge in [-0.2, -0.15) is 0 Å². The van der Waals surface area contributed by atoms with Gasteiger partial charge >= 0.3 is 5.97 Å². The van der Waals surface area contributed by atoms with Gasteiger partial charge in [-0.3, -0.25) is 4.79 Å². The van der Waals surface area contributed by atoms with Crippen LogP contribution in [0.1, 0.15) is 25.3 Å². The third-order valence-corrected chi connectivity index (χ3v) is 2.20. The van der Waals surface area contributed by atoms with E-state index in [1.807, 2.05) is 18.2 Å². The Balaban J connectivity index is 2.90. The number of hydrogen-bond acceptors (Lipinski definition) is 2. The zero-order chi connectivity index (χ0) is 12.0. The molecule has 3 heteroatoms. The highest BCUT2D eigenvalue weighted by molar-refractivity contribution is 5.98. The minimum absolute atomic E-state index is 0.0132. The van der Waals surface area contributed by atoms with Crippen LogP contribution in [0.4, 0.5) is 0 Å². The van der Waals surface area contributed by atoms with E-state index in [9.17, 15) is 9.59 Å². The van der Waals surface area contributed by atoms with Gasteiger partial charge in [0.2, 0.25) is 0 Å². The predicted molar refractivity (Wildman–Crippen MR) is 62.0 cm³/mol. The Morgan fingerprint density at radius 2 is 1.88 bits per heavy atom. The third-order valence-electron chi connectivity index (χ3n) is 2.20. The van der Waals surface area contributed by atoms with E-state index < -0.39 is 5.97 Å². The zero-order valence-electron chi connectivity index (χ0n) is 9.14. The highest BCUT2D eigenvalue weighted by atomic mass is 16.4. The van der Waals surface area contributed by atoms with Crippen LogP contribution in [0, 0.1) is 0 Å². The second kappa shape index (κ2) is 5.85. The minimum atomic E-state index is -1.04. The number of carboxylic acids is 1.